The topological polar surface area (TPSA) is 53.1 Å². The second kappa shape index (κ2) is 8.11. The van der Waals surface area contributed by atoms with E-state index in [4.69, 9.17) is 4.74 Å². The maximum Gasteiger partial charge on any atom is 0.248 e. The molecule has 6 nitrogen and oxygen atoms in total. The molecule has 6 heteroatoms. The van der Waals surface area contributed by atoms with E-state index in [1.165, 1.54) is 0 Å². The van der Waals surface area contributed by atoms with Crippen molar-refractivity contribution in [3.8, 4) is 0 Å². The fourth-order valence-electron chi connectivity index (χ4n) is 3.66. The van der Waals surface area contributed by atoms with E-state index in [2.05, 4.69) is 4.90 Å². The summed E-state index contributed by atoms with van der Waals surface area (Å²) in [5, 5.41) is 0. The molecular weight excluding hydrogens is 294 g/mol. The Labute approximate surface area is 139 Å². The molecule has 23 heavy (non-hydrogen) atoms. The van der Waals surface area contributed by atoms with Gasteiger partial charge in [0.25, 0.3) is 0 Å². The molecule has 0 saturated carbocycles. The minimum Gasteiger partial charge on any atom is -0.372 e. The van der Waals surface area contributed by atoms with Gasteiger partial charge in [-0.3, -0.25) is 9.59 Å². The van der Waals surface area contributed by atoms with E-state index in [1.807, 2.05) is 30.8 Å². The van der Waals surface area contributed by atoms with Crippen LogP contribution in [0.15, 0.2) is 0 Å². The first kappa shape index (κ1) is 18.2. The molecule has 0 aromatic heterocycles. The van der Waals surface area contributed by atoms with E-state index in [0.717, 1.165) is 52.0 Å². The van der Waals surface area contributed by atoms with Gasteiger partial charge >= 0.3 is 0 Å². The van der Waals surface area contributed by atoms with Gasteiger partial charge in [0.05, 0.1) is 0 Å². The largest absolute Gasteiger partial charge is 0.372 e. The highest BCUT2D eigenvalue weighted by Gasteiger charge is 2.42. The zero-order valence-electron chi connectivity index (χ0n) is 14.8. The Morgan fingerprint density at radius 2 is 2.09 bits per heavy atom. The number of rotatable bonds is 6. The second-order valence-electron chi connectivity index (χ2n) is 7.17. The van der Waals surface area contributed by atoms with Crippen LogP contribution >= 0.6 is 0 Å². The van der Waals surface area contributed by atoms with E-state index >= 15 is 0 Å². The molecule has 0 unspecified atom stereocenters. The minimum atomic E-state index is 0.0837. The van der Waals surface area contributed by atoms with Gasteiger partial charge in [0.15, 0.2) is 0 Å². The summed E-state index contributed by atoms with van der Waals surface area (Å²) >= 11 is 0. The highest BCUT2D eigenvalue weighted by atomic mass is 16.5. The molecule has 1 atom stereocenters. The number of hydrogen-bond donors (Lipinski definition) is 0. The average molecular weight is 325 g/mol. The van der Waals surface area contributed by atoms with Gasteiger partial charge in [0, 0.05) is 51.2 Å². The standard InChI is InChI=1S/C17H31N3O3/c1-4-23-12-16(22)19-9-5-7-17(13-19)8-6-15(21)20(14-17)11-10-18(2)3/h4-14H2,1-3H3/t17-/m0/s1. The van der Waals surface area contributed by atoms with E-state index in [1.54, 1.807) is 0 Å². The Morgan fingerprint density at radius 3 is 2.78 bits per heavy atom. The number of ether oxygens (including phenoxy) is 1. The third kappa shape index (κ3) is 4.91. The summed E-state index contributed by atoms with van der Waals surface area (Å²) in [5.74, 6) is 0.345. The third-order valence-corrected chi connectivity index (χ3v) is 5.01. The Balaban J connectivity index is 1.96. The van der Waals surface area contributed by atoms with Gasteiger partial charge in [-0.05, 0) is 40.3 Å². The lowest BCUT2D eigenvalue weighted by atomic mass is 9.73. The Morgan fingerprint density at radius 1 is 1.30 bits per heavy atom. The highest BCUT2D eigenvalue weighted by molar-refractivity contribution is 5.78. The Hall–Kier alpha value is -1.14. The number of amides is 2. The van der Waals surface area contributed by atoms with Crippen molar-refractivity contribution in [3.63, 3.8) is 0 Å². The molecule has 2 rings (SSSR count). The number of likely N-dealkylation sites (tertiary alicyclic amines) is 2. The molecule has 0 radical (unpaired) electrons. The first-order chi connectivity index (χ1) is 11.0. The summed E-state index contributed by atoms with van der Waals surface area (Å²) in [4.78, 5) is 30.5. The zero-order valence-corrected chi connectivity index (χ0v) is 14.8. The molecule has 2 aliphatic heterocycles. The normalized spacial score (nSPS) is 25.5. The lowest BCUT2D eigenvalue weighted by molar-refractivity contribution is -0.145. The van der Waals surface area contributed by atoms with Gasteiger partial charge in [-0.25, -0.2) is 0 Å². The van der Waals surface area contributed by atoms with Crippen LogP contribution in [0.4, 0.5) is 0 Å². The number of carbonyl (C=O) groups excluding carboxylic acids is 2. The van der Waals surface area contributed by atoms with Crippen LogP contribution in [-0.2, 0) is 14.3 Å². The predicted octanol–water partition coefficient (Wildman–Crippen LogP) is 0.816. The van der Waals surface area contributed by atoms with Crippen LogP contribution in [-0.4, -0.2) is 86.5 Å². The van der Waals surface area contributed by atoms with Crippen molar-refractivity contribution in [2.75, 3.05) is 60.0 Å². The van der Waals surface area contributed by atoms with Crippen LogP contribution in [0.25, 0.3) is 0 Å². The molecule has 2 aliphatic rings. The van der Waals surface area contributed by atoms with Gasteiger partial charge in [0.2, 0.25) is 11.8 Å². The maximum atomic E-state index is 12.3. The van der Waals surface area contributed by atoms with Crippen molar-refractivity contribution in [2.24, 2.45) is 5.41 Å². The molecular formula is C17H31N3O3. The number of piperidine rings is 2. The van der Waals surface area contributed by atoms with Crippen LogP contribution in [0.2, 0.25) is 0 Å². The van der Waals surface area contributed by atoms with Gasteiger partial charge in [-0.15, -0.1) is 0 Å². The van der Waals surface area contributed by atoms with Crippen LogP contribution in [0.5, 0.6) is 0 Å². The monoisotopic (exact) mass is 325 g/mol. The smallest absolute Gasteiger partial charge is 0.248 e. The van der Waals surface area contributed by atoms with Crippen molar-refractivity contribution in [2.45, 2.75) is 32.6 Å². The molecule has 2 saturated heterocycles. The number of carbonyl (C=O) groups is 2. The predicted molar refractivity (Wildman–Crippen MR) is 89.1 cm³/mol. The fraction of sp³-hybridized carbons (Fsp3) is 0.882. The van der Waals surface area contributed by atoms with Crippen molar-refractivity contribution in [1.29, 1.82) is 0 Å². The van der Waals surface area contributed by atoms with Gasteiger partial charge in [-0.2, -0.15) is 0 Å². The lowest BCUT2D eigenvalue weighted by Crippen LogP contribution is -2.56. The molecule has 0 N–H and O–H groups in total. The molecule has 0 aliphatic carbocycles. The van der Waals surface area contributed by atoms with Gasteiger partial charge in [0.1, 0.15) is 6.61 Å². The van der Waals surface area contributed by atoms with E-state index < -0.39 is 0 Å². The first-order valence-electron chi connectivity index (χ1n) is 8.74. The SMILES string of the molecule is CCOCC(=O)N1CCC[C@]2(CCC(=O)N(CCN(C)C)C2)C1. The quantitative estimate of drug-likeness (QED) is 0.725. The zero-order chi connectivity index (χ0) is 16.9. The van der Waals surface area contributed by atoms with Crippen LogP contribution in [0.3, 0.4) is 0 Å². The van der Waals surface area contributed by atoms with Crippen LogP contribution in [0, 0.1) is 5.41 Å². The lowest BCUT2D eigenvalue weighted by Gasteiger charge is -2.48. The number of hydrogen-bond acceptors (Lipinski definition) is 4. The molecule has 1 spiro atoms. The molecule has 132 valence electrons. The van der Waals surface area contributed by atoms with E-state index in [0.29, 0.717) is 13.0 Å². The van der Waals surface area contributed by atoms with Gasteiger partial charge < -0.3 is 19.4 Å². The summed E-state index contributed by atoms with van der Waals surface area (Å²) in [7, 11) is 4.05. The molecule has 2 fully saturated rings. The second-order valence-corrected chi connectivity index (χ2v) is 7.17. The molecule has 2 amide bonds. The molecule has 0 bridgehead atoms. The van der Waals surface area contributed by atoms with E-state index in [-0.39, 0.29) is 23.8 Å². The number of nitrogens with zero attached hydrogens (tertiary/aromatic N) is 3. The maximum absolute atomic E-state index is 12.3. The number of likely N-dealkylation sites (N-methyl/N-ethyl adjacent to an activating group) is 1. The van der Waals surface area contributed by atoms with Crippen molar-refractivity contribution >= 4 is 11.8 Å². The molecule has 0 aromatic carbocycles. The fourth-order valence-corrected chi connectivity index (χ4v) is 3.66. The summed E-state index contributed by atoms with van der Waals surface area (Å²) in [6, 6.07) is 0. The van der Waals surface area contributed by atoms with Gasteiger partial charge in [-0.1, -0.05) is 0 Å². The van der Waals surface area contributed by atoms with Crippen LogP contribution < -0.4 is 0 Å². The summed E-state index contributed by atoms with van der Waals surface area (Å²) < 4.78 is 5.27. The summed E-state index contributed by atoms with van der Waals surface area (Å²) in [5.41, 5.74) is 0.0837. The minimum absolute atomic E-state index is 0.0837. The average Bonchev–Trinajstić information content (AvgIpc) is 2.54. The van der Waals surface area contributed by atoms with E-state index in [9.17, 15) is 9.59 Å². The molecule has 0 aromatic rings. The summed E-state index contributed by atoms with van der Waals surface area (Å²) in [6.07, 6.45) is 3.65. The Kier molecular flexibility index (Phi) is 6.41. The van der Waals surface area contributed by atoms with Crippen molar-refractivity contribution in [3.05, 3.63) is 0 Å². The van der Waals surface area contributed by atoms with Crippen molar-refractivity contribution in [1.82, 2.24) is 14.7 Å². The first-order valence-corrected chi connectivity index (χ1v) is 8.74. The third-order valence-electron chi connectivity index (χ3n) is 5.01. The molecule has 2 heterocycles. The highest BCUT2D eigenvalue weighted by Crippen LogP contribution is 2.38. The van der Waals surface area contributed by atoms with Crippen LogP contribution in [0.1, 0.15) is 32.6 Å². The van der Waals surface area contributed by atoms with Crippen molar-refractivity contribution < 1.29 is 14.3 Å². The Bertz CT molecular complexity index is 427. The summed E-state index contributed by atoms with van der Waals surface area (Å²) in [6.45, 7) is 6.69.